The normalized spacial score (nSPS) is 19.4. The van der Waals surface area contributed by atoms with Crippen molar-refractivity contribution >= 4 is 21.5 Å². The number of aliphatic hydroxyl groups excluding tert-OH is 1. The van der Waals surface area contributed by atoms with Crippen LogP contribution in [0.25, 0.3) is 21.5 Å². The fourth-order valence-electron chi connectivity index (χ4n) is 4.55. The third-order valence-electron chi connectivity index (χ3n) is 6.07. The van der Waals surface area contributed by atoms with Gasteiger partial charge in [-0.15, -0.1) is 0 Å². The van der Waals surface area contributed by atoms with E-state index < -0.39 is 0 Å². The quantitative estimate of drug-likeness (QED) is 0.693. The van der Waals surface area contributed by atoms with Gasteiger partial charge in [0, 0.05) is 12.6 Å². The number of piperidine rings is 1. The molecule has 3 aromatic rings. The van der Waals surface area contributed by atoms with E-state index in [1.54, 1.807) is 7.11 Å². The molecule has 5 nitrogen and oxygen atoms in total. The van der Waals surface area contributed by atoms with E-state index >= 15 is 0 Å². The molecule has 0 spiro atoms. The second kappa shape index (κ2) is 7.15. The number of hydrogen-bond acceptors (Lipinski definition) is 5. The molecule has 0 aromatic heterocycles. The highest BCUT2D eigenvalue weighted by Gasteiger charge is 2.23. The first kappa shape index (κ1) is 17.6. The van der Waals surface area contributed by atoms with Crippen LogP contribution < -0.4 is 14.2 Å². The van der Waals surface area contributed by atoms with Crippen LogP contribution >= 0.6 is 0 Å². The Labute approximate surface area is 164 Å². The zero-order valence-corrected chi connectivity index (χ0v) is 16.1. The highest BCUT2D eigenvalue weighted by molar-refractivity contribution is 6.10. The summed E-state index contributed by atoms with van der Waals surface area (Å²) in [7, 11) is 1.70. The van der Waals surface area contributed by atoms with E-state index in [2.05, 4.69) is 35.2 Å². The van der Waals surface area contributed by atoms with Crippen molar-refractivity contribution in [3.63, 3.8) is 0 Å². The van der Waals surface area contributed by atoms with Gasteiger partial charge in [-0.1, -0.05) is 12.5 Å². The van der Waals surface area contributed by atoms with E-state index in [1.807, 2.05) is 6.07 Å². The van der Waals surface area contributed by atoms with Crippen LogP contribution in [0.4, 0.5) is 0 Å². The monoisotopic (exact) mass is 379 g/mol. The lowest BCUT2D eigenvalue weighted by molar-refractivity contribution is 0.0845. The Bertz CT molecular complexity index is 1030. The van der Waals surface area contributed by atoms with Crippen LogP contribution in [0.5, 0.6) is 17.2 Å². The van der Waals surface area contributed by atoms with Crippen molar-refractivity contribution in [2.45, 2.75) is 31.8 Å². The number of aliphatic hydroxyl groups is 1. The number of hydrogen-bond donors (Lipinski definition) is 1. The number of benzene rings is 3. The maximum Gasteiger partial charge on any atom is 0.231 e. The summed E-state index contributed by atoms with van der Waals surface area (Å²) < 4.78 is 16.7. The fourth-order valence-corrected chi connectivity index (χ4v) is 4.55. The Hall–Kier alpha value is -2.50. The van der Waals surface area contributed by atoms with Gasteiger partial charge in [-0.2, -0.15) is 0 Å². The minimum Gasteiger partial charge on any atom is -0.497 e. The van der Waals surface area contributed by atoms with Gasteiger partial charge in [0.15, 0.2) is 11.5 Å². The van der Waals surface area contributed by atoms with Crippen LogP contribution in [0, 0.1) is 0 Å². The van der Waals surface area contributed by atoms with Gasteiger partial charge in [-0.3, -0.25) is 4.90 Å². The molecule has 1 atom stereocenters. The Morgan fingerprint density at radius 1 is 1.04 bits per heavy atom. The number of methoxy groups -OCH3 is 1. The summed E-state index contributed by atoms with van der Waals surface area (Å²) in [6, 6.07) is 12.9. The topological polar surface area (TPSA) is 51.2 Å². The van der Waals surface area contributed by atoms with Gasteiger partial charge >= 0.3 is 0 Å². The SMILES string of the molecule is COc1ccc2c(CN3CCCC[C@H]3CO)cc3cc4c(cc3c2c1)OCO4. The van der Waals surface area contributed by atoms with Crippen LogP contribution in [-0.4, -0.2) is 43.1 Å². The zero-order valence-electron chi connectivity index (χ0n) is 16.1. The maximum atomic E-state index is 9.81. The van der Waals surface area contributed by atoms with Gasteiger partial charge in [0.25, 0.3) is 0 Å². The summed E-state index contributed by atoms with van der Waals surface area (Å²) in [4.78, 5) is 2.42. The van der Waals surface area contributed by atoms with E-state index in [9.17, 15) is 5.11 Å². The molecular weight excluding hydrogens is 354 g/mol. The van der Waals surface area contributed by atoms with E-state index in [0.29, 0.717) is 0 Å². The molecule has 2 aliphatic heterocycles. The van der Waals surface area contributed by atoms with Crippen molar-refractivity contribution in [3.05, 3.63) is 42.0 Å². The Morgan fingerprint density at radius 3 is 2.71 bits per heavy atom. The number of rotatable bonds is 4. The van der Waals surface area contributed by atoms with Crippen LogP contribution in [-0.2, 0) is 6.54 Å². The first-order chi connectivity index (χ1) is 13.8. The van der Waals surface area contributed by atoms with Crippen LogP contribution in [0.1, 0.15) is 24.8 Å². The van der Waals surface area contributed by atoms with E-state index in [-0.39, 0.29) is 19.4 Å². The second-order valence-electron chi connectivity index (χ2n) is 7.68. The van der Waals surface area contributed by atoms with Gasteiger partial charge in [-0.25, -0.2) is 0 Å². The van der Waals surface area contributed by atoms with Crippen molar-refractivity contribution in [2.24, 2.45) is 0 Å². The summed E-state index contributed by atoms with van der Waals surface area (Å²) in [6.45, 7) is 2.35. The summed E-state index contributed by atoms with van der Waals surface area (Å²) >= 11 is 0. The van der Waals surface area contributed by atoms with E-state index in [1.165, 1.54) is 23.8 Å². The molecule has 1 fully saturated rings. The standard InChI is InChI=1S/C23H25NO4/c1-26-18-5-6-19-16(12-24-7-3-2-4-17(24)13-25)8-15-9-22-23(28-14-27-22)11-20(15)21(19)10-18/h5-6,8-11,17,25H,2-4,7,12-14H2,1H3/t17-/m0/s1. The molecule has 1 N–H and O–H groups in total. The first-order valence-electron chi connectivity index (χ1n) is 9.94. The van der Waals surface area contributed by atoms with Crippen LogP contribution in [0.2, 0.25) is 0 Å². The molecule has 0 radical (unpaired) electrons. The predicted octanol–water partition coefficient (Wildman–Crippen LogP) is 4.08. The molecule has 2 aliphatic rings. The lowest BCUT2D eigenvalue weighted by Crippen LogP contribution is -2.41. The molecular formula is C23H25NO4. The largest absolute Gasteiger partial charge is 0.497 e. The molecule has 2 heterocycles. The Kier molecular flexibility index (Phi) is 4.49. The minimum absolute atomic E-state index is 0.220. The molecule has 3 aromatic carbocycles. The van der Waals surface area contributed by atoms with Gasteiger partial charge in [0.1, 0.15) is 5.75 Å². The highest BCUT2D eigenvalue weighted by atomic mass is 16.7. The molecule has 0 aliphatic carbocycles. The smallest absolute Gasteiger partial charge is 0.231 e. The van der Waals surface area contributed by atoms with Gasteiger partial charge < -0.3 is 19.3 Å². The van der Waals surface area contributed by atoms with Crippen molar-refractivity contribution < 1.29 is 19.3 Å². The molecule has 28 heavy (non-hydrogen) atoms. The Balaban J connectivity index is 1.68. The third-order valence-corrected chi connectivity index (χ3v) is 6.07. The fraction of sp³-hybridized carbons (Fsp3) is 0.391. The van der Waals surface area contributed by atoms with E-state index in [4.69, 9.17) is 14.2 Å². The molecule has 0 amide bonds. The highest BCUT2D eigenvalue weighted by Crippen LogP contribution is 2.40. The van der Waals surface area contributed by atoms with Gasteiger partial charge in [0.2, 0.25) is 6.79 Å². The molecule has 0 bridgehead atoms. The maximum absolute atomic E-state index is 9.81. The summed E-state index contributed by atoms with van der Waals surface area (Å²) in [6.07, 6.45) is 3.45. The van der Waals surface area contributed by atoms with Gasteiger partial charge in [-0.05, 0) is 76.8 Å². The second-order valence-corrected chi connectivity index (χ2v) is 7.68. The molecule has 5 heteroatoms. The van der Waals surface area contributed by atoms with Gasteiger partial charge in [0.05, 0.1) is 13.7 Å². The lowest BCUT2D eigenvalue weighted by Gasteiger charge is -2.35. The average molecular weight is 379 g/mol. The van der Waals surface area contributed by atoms with Crippen molar-refractivity contribution in [3.8, 4) is 17.2 Å². The summed E-state index contributed by atoms with van der Waals surface area (Å²) in [5, 5.41) is 14.5. The Morgan fingerprint density at radius 2 is 1.89 bits per heavy atom. The summed E-state index contributed by atoms with van der Waals surface area (Å²) in [5.41, 5.74) is 1.27. The van der Waals surface area contributed by atoms with Crippen molar-refractivity contribution in [1.29, 1.82) is 0 Å². The number of nitrogens with zero attached hydrogens (tertiary/aromatic N) is 1. The van der Waals surface area contributed by atoms with Crippen molar-refractivity contribution in [1.82, 2.24) is 4.90 Å². The predicted molar refractivity (Wildman–Crippen MR) is 109 cm³/mol. The summed E-state index contributed by atoms with van der Waals surface area (Å²) in [5.74, 6) is 2.43. The third kappa shape index (κ3) is 2.95. The van der Waals surface area contributed by atoms with Crippen molar-refractivity contribution in [2.75, 3.05) is 27.1 Å². The molecule has 5 rings (SSSR count). The minimum atomic E-state index is 0.220. The van der Waals surface area contributed by atoms with Crippen LogP contribution in [0.15, 0.2) is 36.4 Å². The number of likely N-dealkylation sites (tertiary alicyclic amines) is 1. The molecule has 0 unspecified atom stereocenters. The molecule has 1 saturated heterocycles. The lowest BCUT2D eigenvalue weighted by atomic mass is 9.95. The first-order valence-corrected chi connectivity index (χ1v) is 9.94. The molecule has 0 saturated carbocycles. The number of ether oxygens (including phenoxy) is 3. The zero-order chi connectivity index (χ0) is 19.1. The average Bonchev–Trinajstić information content (AvgIpc) is 3.20. The number of fused-ring (bicyclic) bond motifs is 4. The van der Waals surface area contributed by atoms with E-state index in [0.717, 1.165) is 52.9 Å². The molecule has 146 valence electrons. The van der Waals surface area contributed by atoms with Crippen LogP contribution in [0.3, 0.4) is 0 Å².